The third-order valence-corrected chi connectivity index (χ3v) is 3.29. The molecule has 22 heavy (non-hydrogen) atoms. The fraction of sp³-hybridized carbons (Fsp3) is 0.222. The van der Waals surface area contributed by atoms with Crippen LogP contribution < -0.4 is 10.6 Å². The van der Waals surface area contributed by atoms with Gasteiger partial charge < -0.3 is 10.6 Å². The molecule has 0 aliphatic carbocycles. The summed E-state index contributed by atoms with van der Waals surface area (Å²) >= 11 is 0. The van der Waals surface area contributed by atoms with Gasteiger partial charge in [-0.2, -0.15) is 0 Å². The Morgan fingerprint density at radius 2 is 1.77 bits per heavy atom. The molecule has 1 atom stereocenters. The Kier molecular flexibility index (Phi) is 5.31. The summed E-state index contributed by atoms with van der Waals surface area (Å²) in [4.78, 5) is 23.2. The second kappa shape index (κ2) is 7.41. The largest absolute Gasteiger partial charge is 0.349 e. The van der Waals surface area contributed by atoms with E-state index in [0.29, 0.717) is 6.42 Å². The van der Waals surface area contributed by atoms with E-state index in [1.54, 1.807) is 0 Å². The summed E-state index contributed by atoms with van der Waals surface area (Å²) in [5.74, 6) is -0.137. The van der Waals surface area contributed by atoms with Gasteiger partial charge in [0.15, 0.2) is 0 Å². The molecule has 0 unspecified atom stereocenters. The Labute approximate surface area is 130 Å². The zero-order valence-corrected chi connectivity index (χ0v) is 12.8. The Morgan fingerprint density at radius 1 is 1.05 bits per heavy atom. The summed E-state index contributed by atoms with van der Waals surface area (Å²) in [6.45, 7) is 3.40. The van der Waals surface area contributed by atoms with Crippen molar-refractivity contribution in [3.63, 3.8) is 0 Å². The van der Waals surface area contributed by atoms with Gasteiger partial charge >= 0.3 is 0 Å². The maximum Gasteiger partial charge on any atom is 0.224 e. The number of nitrogens with one attached hydrogen (secondary N) is 2. The number of anilines is 1. The molecule has 0 bridgehead atoms. The van der Waals surface area contributed by atoms with Crippen molar-refractivity contribution in [2.75, 3.05) is 5.32 Å². The lowest BCUT2D eigenvalue weighted by Gasteiger charge is -2.15. The van der Waals surface area contributed by atoms with Gasteiger partial charge in [0.05, 0.1) is 12.5 Å². The van der Waals surface area contributed by atoms with Crippen molar-refractivity contribution >= 4 is 17.5 Å². The number of carbonyl (C=O) groups excluding carboxylic acids is 2. The molecule has 2 aromatic rings. The van der Waals surface area contributed by atoms with Crippen molar-refractivity contribution in [1.29, 1.82) is 0 Å². The molecule has 2 rings (SSSR count). The molecule has 114 valence electrons. The van der Waals surface area contributed by atoms with Gasteiger partial charge in [0.25, 0.3) is 0 Å². The van der Waals surface area contributed by atoms with Crippen LogP contribution in [0.4, 0.5) is 5.69 Å². The average Bonchev–Trinajstić information content (AvgIpc) is 2.47. The van der Waals surface area contributed by atoms with Crippen molar-refractivity contribution in [2.45, 2.75) is 26.3 Å². The van der Waals surface area contributed by atoms with Gasteiger partial charge in [0, 0.05) is 12.6 Å². The minimum Gasteiger partial charge on any atom is -0.349 e. The van der Waals surface area contributed by atoms with Crippen LogP contribution in [0.5, 0.6) is 0 Å². The highest BCUT2D eigenvalue weighted by molar-refractivity contribution is 5.88. The van der Waals surface area contributed by atoms with Gasteiger partial charge in [-0.25, -0.2) is 0 Å². The van der Waals surface area contributed by atoms with Crippen LogP contribution in [-0.4, -0.2) is 11.8 Å². The van der Waals surface area contributed by atoms with Gasteiger partial charge in [0.1, 0.15) is 0 Å². The monoisotopic (exact) mass is 296 g/mol. The van der Waals surface area contributed by atoms with Crippen molar-refractivity contribution in [3.05, 3.63) is 65.7 Å². The molecule has 0 fully saturated rings. The number of rotatable bonds is 5. The van der Waals surface area contributed by atoms with E-state index in [0.717, 1.165) is 16.8 Å². The molecule has 0 heterocycles. The third-order valence-electron chi connectivity index (χ3n) is 3.29. The van der Waals surface area contributed by atoms with Crippen LogP contribution in [0.25, 0.3) is 0 Å². The molecule has 0 spiro atoms. The first-order valence-electron chi connectivity index (χ1n) is 7.25. The van der Waals surface area contributed by atoms with E-state index in [-0.39, 0.29) is 17.9 Å². The van der Waals surface area contributed by atoms with Crippen LogP contribution >= 0.6 is 0 Å². The molecule has 4 nitrogen and oxygen atoms in total. The predicted molar refractivity (Wildman–Crippen MR) is 87.4 cm³/mol. The van der Waals surface area contributed by atoms with Gasteiger partial charge in [0.2, 0.25) is 11.8 Å². The minimum atomic E-state index is -0.120. The molecule has 0 radical (unpaired) electrons. The summed E-state index contributed by atoms with van der Waals surface area (Å²) in [6.07, 6.45) is 0.358. The Bertz CT molecular complexity index is 653. The fourth-order valence-corrected chi connectivity index (χ4v) is 2.25. The van der Waals surface area contributed by atoms with Crippen LogP contribution in [0.1, 0.15) is 31.0 Å². The van der Waals surface area contributed by atoms with Gasteiger partial charge in [-0.3, -0.25) is 9.59 Å². The smallest absolute Gasteiger partial charge is 0.224 e. The summed E-state index contributed by atoms with van der Waals surface area (Å²) in [5.41, 5.74) is 2.67. The van der Waals surface area contributed by atoms with E-state index in [1.165, 1.54) is 6.92 Å². The summed E-state index contributed by atoms with van der Waals surface area (Å²) in [5, 5.41) is 5.72. The molecule has 2 N–H and O–H groups in total. The van der Waals surface area contributed by atoms with Crippen molar-refractivity contribution in [1.82, 2.24) is 5.32 Å². The lowest BCUT2D eigenvalue weighted by atomic mass is 10.1. The Morgan fingerprint density at radius 3 is 2.45 bits per heavy atom. The SMILES string of the molecule is CC(=O)Nc1cccc([C@@H](C)NC(=O)Cc2ccccc2)c1. The highest BCUT2D eigenvalue weighted by Gasteiger charge is 2.10. The number of amides is 2. The van der Waals surface area contributed by atoms with Gasteiger partial charge in [-0.15, -0.1) is 0 Å². The molecular weight excluding hydrogens is 276 g/mol. The second-order valence-corrected chi connectivity index (χ2v) is 5.26. The molecule has 4 heteroatoms. The van der Waals surface area contributed by atoms with E-state index in [9.17, 15) is 9.59 Å². The summed E-state index contributed by atoms with van der Waals surface area (Å²) in [6, 6.07) is 17.0. The normalized spacial score (nSPS) is 11.5. The van der Waals surface area contributed by atoms with Crippen molar-refractivity contribution < 1.29 is 9.59 Å². The molecule has 0 saturated heterocycles. The Hall–Kier alpha value is -2.62. The molecule has 0 saturated carbocycles. The number of benzene rings is 2. The maximum atomic E-state index is 12.1. The predicted octanol–water partition coefficient (Wildman–Crippen LogP) is 3.06. The molecule has 0 aromatic heterocycles. The maximum absolute atomic E-state index is 12.1. The number of hydrogen-bond acceptors (Lipinski definition) is 2. The first-order valence-corrected chi connectivity index (χ1v) is 7.25. The van der Waals surface area contributed by atoms with Crippen LogP contribution in [0, 0.1) is 0 Å². The minimum absolute atomic E-state index is 0.0244. The molecule has 0 aliphatic rings. The summed E-state index contributed by atoms with van der Waals surface area (Å²) in [7, 11) is 0. The van der Waals surface area contributed by atoms with E-state index < -0.39 is 0 Å². The lowest BCUT2D eigenvalue weighted by molar-refractivity contribution is -0.121. The van der Waals surface area contributed by atoms with Gasteiger partial charge in [-0.1, -0.05) is 42.5 Å². The first-order chi connectivity index (χ1) is 10.5. The fourth-order valence-electron chi connectivity index (χ4n) is 2.25. The van der Waals surface area contributed by atoms with Crippen LogP contribution in [-0.2, 0) is 16.0 Å². The van der Waals surface area contributed by atoms with Crippen LogP contribution in [0.2, 0.25) is 0 Å². The van der Waals surface area contributed by atoms with Crippen LogP contribution in [0.3, 0.4) is 0 Å². The highest BCUT2D eigenvalue weighted by atomic mass is 16.2. The molecule has 2 amide bonds. The topological polar surface area (TPSA) is 58.2 Å². The third kappa shape index (κ3) is 4.74. The lowest BCUT2D eigenvalue weighted by Crippen LogP contribution is -2.28. The molecular formula is C18H20N2O2. The Balaban J connectivity index is 1.98. The van der Waals surface area contributed by atoms with Crippen LogP contribution in [0.15, 0.2) is 54.6 Å². The zero-order valence-electron chi connectivity index (χ0n) is 12.8. The zero-order chi connectivity index (χ0) is 15.9. The highest BCUT2D eigenvalue weighted by Crippen LogP contribution is 2.17. The first kappa shape index (κ1) is 15.8. The van der Waals surface area contributed by atoms with E-state index >= 15 is 0 Å². The van der Waals surface area contributed by atoms with E-state index in [4.69, 9.17) is 0 Å². The standard InChI is InChI=1S/C18H20N2O2/c1-13(16-9-6-10-17(12-16)20-14(2)21)19-18(22)11-15-7-4-3-5-8-15/h3-10,12-13H,11H2,1-2H3,(H,19,22)(H,20,21)/t13-/m1/s1. The van der Waals surface area contributed by atoms with E-state index in [2.05, 4.69) is 10.6 Å². The van der Waals surface area contributed by atoms with E-state index in [1.807, 2.05) is 61.5 Å². The van der Waals surface area contributed by atoms with Gasteiger partial charge in [-0.05, 0) is 30.2 Å². The average molecular weight is 296 g/mol. The summed E-state index contributed by atoms with van der Waals surface area (Å²) < 4.78 is 0. The molecule has 0 aliphatic heterocycles. The van der Waals surface area contributed by atoms with Crippen molar-refractivity contribution in [2.24, 2.45) is 0 Å². The second-order valence-electron chi connectivity index (χ2n) is 5.26. The quantitative estimate of drug-likeness (QED) is 0.891. The van der Waals surface area contributed by atoms with Crippen molar-refractivity contribution in [3.8, 4) is 0 Å². The molecule has 2 aromatic carbocycles. The number of hydrogen-bond donors (Lipinski definition) is 2. The number of carbonyl (C=O) groups is 2.